The minimum Gasteiger partial charge on any atom is -0.378 e. The summed E-state index contributed by atoms with van der Waals surface area (Å²) in [5.74, 6) is 1.78. The summed E-state index contributed by atoms with van der Waals surface area (Å²) in [6.45, 7) is 9.51. The van der Waals surface area contributed by atoms with E-state index < -0.39 is 0 Å². The minimum atomic E-state index is 0.129. The van der Waals surface area contributed by atoms with Gasteiger partial charge in [-0.05, 0) is 12.8 Å². The van der Waals surface area contributed by atoms with Crippen molar-refractivity contribution in [1.29, 1.82) is 0 Å². The van der Waals surface area contributed by atoms with Crippen LogP contribution < -0.4 is 5.32 Å². The highest BCUT2D eigenvalue weighted by molar-refractivity contribution is 7.09. The molecule has 0 unspecified atom stereocenters. The third kappa shape index (κ3) is 5.19. The number of piperidine rings is 1. The first-order valence-corrected chi connectivity index (χ1v) is 10.7. The number of nitrogens with one attached hydrogen (secondary N) is 1. The SMILES string of the molecule is CN=C(NCc1csc(C(C)C)n1)N1CCC(C(=O)N2CCOCC2)CC1. The number of guanidine groups is 1. The van der Waals surface area contributed by atoms with Crippen LogP contribution in [0, 0.1) is 5.92 Å². The molecule has 2 fully saturated rings. The Balaban J connectivity index is 1.47. The fourth-order valence-electron chi connectivity index (χ4n) is 3.55. The molecule has 8 heteroatoms. The van der Waals surface area contributed by atoms with Gasteiger partial charge in [-0.25, -0.2) is 4.98 Å². The summed E-state index contributed by atoms with van der Waals surface area (Å²) in [6, 6.07) is 0. The molecular weight excluding hydrogens is 362 g/mol. The van der Waals surface area contributed by atoms with Crippen LogP contribution in [0.1, 0.15) is 43.3 Å². The number of carbonyl (C=O) groups is 1. The van der Waals surface area contributed by atoms with E-state index in [0.717, 1.165) is 50.7 Å². The highest BCUT2D eigenvalue weighted by atomic mass is 32.1. The number of carbonyl (C=O) groups excluding carboxylic acids is 1. The van der Waals surface area contributed by atoms with Gasteiger partial charge in [0.15, 0.2) is 5.96 Å². The fourth-order valence-corrected chi connectivity index (χ4v) is 4.39. The van der Waals surface area contributed by atoms with E-state index in [1.165, 1.54) is 5.01 Å². The molecule has 7 nitrogen and oxygen atoms in total. The number of morpholine rings is 1. The normalized spacial score (nSPS) is 19.6. The van der Waals surface area contributed by atoms with Gasteiger partial charge in [0, 0.05) is 50.4 Å². The first kappa shape index (κ1) is 20.1. The fraction of sp³-hybridized carbons (Fsp3) is 0.737. The first-order chi connectivity index (χ1) is 13.1. The number of aliphatic imine (C=N–C) groups is 1. The molecule has 3 rings (SSSR count). The number of hydrogen-bond acceptors (Lipinski definition) is 5. The molecule has 0 bridgehead atoms. The topological polar surface area (TPSA) is 70.1 Å². The maximum absolute atomic E-state index is 12.7. The summed E-state index contributed by atoms with van der Waals surface area (Å²) >= 11 is 1.71. The molecule has 0 radical (unpaired) electrons. The Bertz CT molecular complexity index is 646. The van der Waals surface area contributed by atoms with Crippen molar-refractivity contribution in [2.75, 3.05) is 46.4 Å². The van der Waals surface area contributed by atoms with E-state index in [-0.39, 0.29) is 5.92 Å². The average molecular weight is 394 g/mol. The van der Waals surface area contributed by atoms with Crippen LogP contribution in [0.15, 0.2) is 10.4 Å². The summed E-state index contributed by atoms with van der Waals surface area (Å²) in [4.78, 5) is 26.0. The van der Waals surface area contributed by atoms with Crippen LogP contribution in [0.25, 0.3) is 0 Å². The molecule has 3 heterocycles. The second-order valence-electron chi connectivity index (χ2n) is 7.43. The lowest BCUT2D eigenvalue weighted by Crippen LogP contribution is -2.49. The molecule has 2 aliphatic rings. The number of rotatable bonds is 4. The van der Waals surface area contributed by atoms with E-state index in [1.807, 2.05) is 11.9 Å². The third-order valence-corrected chi connectivity index (χ3v) is 6.36. The van der Waals surface area contributed by atoms with Gasteiger partial charge in [0.05, 0.1) is 30.5 Å². The number of amides is 1. The highest BCUT2D eigenvalue weighted by Crippen LogP contribution is 2.21. The molecule has 2 aliphatic heterocycles. The molecule has 1 N–H and O–H groups in total. The molecule has 0 spiro atoms. The molecule has 1 aromatic rings. The van der Waals surface area contributed by atoms with E-state index >= 15 is 0 Å². The van der Waals surface area contributed by atoms with Crippen molar-refractivity contribution in [3.8, 4) is 0 Å². The number of thiazole rings is 1. The number of likely N-dealkylation sites (tertiary alicyclic amines) is 1. The van der Waals surface area contributed by atoms with E-state index in [4.69, 9.17) is 4.74 Å². The zero-order valence-corrected chi connectivity index (χ0v) is 17.4. The van der Waals surface area contributed by atoms with Crippen molar-refractivity contribution in [2.24, 2.45) is 10.9 Å². The van der Waals surface area contributed by atoms with E-state index in [2.05, 4.69) is 39.4 Å². The zero-order valence-electron chi connectivity index (χ0n) is 16.6. The van der Waals surface area contributed by atoms with Gasteiger partial charge in [0.25, 0.3) is 0 Å². The van der Waals surface area contributed by atoms with Crippen molar-refractivity contribution in [2.45, 2.75) is 39.2 Å². The maximum Gasteiger partial charge on any atom is 0.225 e. The molecule has 1 amide bonds. The van der Waals surface area contributed by atoms with Crippen LogP contribution in [-0.4, -0.2) is 73.1 Å². The van der Waals surface area contributed by atoms with Crippen LogP contribution in [0.2, 0.25) is 0 Å². The Labute approximate surface area is 165 Å². The molecule has 0 saturated carbocycles. The Hall–Kier alpha value is -1.67. The number of nitrogens with zero attached hydrogens (tertiary/aromatic N) is 4. The summed E-state index contributed by atoms with van der Waals surface area (Å²) in [6.07, 6.45) is 1.76. The van der Waals surface area contributed by atoms with E-state index in [0.29, 0.717) is 31.6 Å². The van der Waals surface area contributed by atoms with Gasteiger partial charge in [-0.1, -0.05) is 13.8 Å². The molecular formula is C19H31N5O2S. The van der Waals surface area contributed by atoms with Gasteiger partial charge in [0.1, 0.15) is 0 Å². The van der Waals surface area contributed by atoms with Gasteiger partial charge >= 0.3 is 0 Å². The quantitative estimate of drug-likeness (QED) is 0.625. The first-order valence-electron chi connectivity index (χ1n) is 9.85. The molecule has 0 atom stereocenters. The Morgan fingerprint density at radius 3 is 2.59 bits per heavy atom. The van der Waals surface area contributed by atoms with Crippen molar-refractivity contribution in [1.82, 2.24) is 20.1 Å². The number of hydrogen-bond donors (Lipinski definition) is 1. The van der Waals surface area contributed by atoms with Crippen LogP contribution in [0.5, 0.6) is 0 Å². The van der Waals surface area contributed by atoms with Gasteiger partial charge in [-0.2, -0.15) is 0 Å². The monoisotopic (exact) mass is 393 g/mol. The van der Waals surface area contributed by atoms with Crippen LogP contribution >= 0.6 is 11.3 Å². The predicted octanol–water partition coefficient (Wildman–Crippen LogP) is 1.91. The van der Waals surface area contributed by atoms with Gasteiger partial charge in [0.2, 0.25) is 5.91 Å². The predicted molar refractivity (Wildman–Crippen MR) is 108 cm³/mol. The van der Waals surface area contributed by atoms with Crippen molar-refractivity contribution < 1.29 is 9.53 Å². The number of ether oxygens (including phenoxy) is 1. The van der Waals surface area contributed by atoms with Gasteiger partial charge in [-0.3, -0.25) is 9.79 Å². The Kier molecular flexibility index (Phi) is 7.07. The molecule has 150 valence electrons. The lowest BCUT2D eigenvalue weighted by molar-refractivity contribution is -0.140. The maximum atomic E-state index is 12.7. The van der Waals surface area contributed by atoms with E-state index in [1.54, 1.807) is 11.3 Å². The second kappa shape index (κ2) is 9.50. The van der Waals surface area contributed by atoms with Crippen molar-refractivity contribution >= 4 is 23.2 Å². The van der Waals surface area contributed by atoms with Gasteiger partial charge < -0.3 is 19.9 Å². The highest BCUT2D eigenvalue weighted by Gasteiger charge is 2.30. The number of aromatic nitrogens is 1. The Morgan fingerprint density at radius 1 is 1.30 bits per heavy atom. The lowest BCUT2D eigenvalue weighted by atomic mass is 9.95. The summed E-state index contributed by atoms with van der Waals surface area (Å²) < 4.78 is 5.35. The second-order valence-corrected chi connectivity index (χ2v) is 8.32. The smallest absolute Gasteiger partial charge is 0.225 e. The lowest BCUT2D eigenvalue weighted by Gasteiger charge is -2.36. The minimum absolute atomic E-state index is 0.129. The standard InChI is InChI=1S/C19H31N5O2S/c1-14(2)17-22-16(13-27-17)12-21-19(20-3)24-6-4-15(5-7-24)18(25)23-8-10-26-11-9-23/h13-15H,4-12H2,1-3H3,(H,20,21). The van der Waals surface area contributed by atoms with Crippen molar-refractivity contribution in [3.05, 3.63) is 16.1 Å². The molecule has 0 aromatic carbocycles. The molecule has 2 saturated heterocycles. The Morgan fingerprint density at radius 2 is 2.00 bits per heavy atom. The van der Waals surface area contributed by atoms with Crippen LogP contribution in [0.3, 0.4) is 0 Å². The molecule has 27 heavy (non-hydrogen) atoms. The molecule has 1 aromatic heterocycles. The van der Waals surface area contributed by atoms with Crippen molar-refractivity contribution in [3.63, 3.8) is 0 Å². The van der Waals surface area contributed by atoms with E-state index in [9.17, 15) is 4.79 Å². The summed E-state index contributed by atoms with van der Waals surface area (Å²) in [5.41, 5.74) is 1.06. The third-order valence-electron chi connectivity index (χ3n) is 5.17. The zero-order chi connectivity index (χ0) is 19.2. The van der Waals surface area contributed by atoms with Crippen LogP contribution in [-0.2, 0) is 16.1 Å². The van der Waals surface area contributed by atoms with Gasteiger partial charge in [-0.15, -0.1) is 11.3 Å². The van der Waals surface area contributed by atoms with Crippen LogP contribution in [0.4, 0.5) is 0 Å². The largest absolute Gasteiger partial charge is 0.378 e. The molecule has 0 aliphatic carbocycles. The summed E-state index contributed by atoms with van der Waals surface area (Å²) in [5, 5.41) is 6.71. The average Bonchev–Trinajstić information content (AvgIpc) is 3.18. The summed E-state index contributed by atoms with van der Waals surface area (Å²) in [7, 11) is 1.81.